The summed E-state index contributed by atoms with van der Waals surface area (Å²) in [4.78, 5) is 13.8. The number of hydrogen-bond acceptors (Lipinski definition) is 5. The predicted octanol–water partition coefficient (Wildman–Crippen LogP) is 7.04. The summed E-state index contributed by atoms with van der Waals surface area (Å²) in [6.07, 6.45) is 8.65. The lowest BCUT2D eigenvalue weighted by Crippen LogP contribution is -2.33. The van der Waals surface area contributed by atoms with Crippen molar-refractivity contribution in [3.8, 4) is 11.3 Å². The largest absolute Gasteiger partial charge is 0.476 e. The number of aromatic carboxylic acids is 1. The van der Waals surface area contributed by atoms with E-state index in [0.29, 0.717) is 38.5 Å². The molecule has 1 saturated carbocycles. The summed E-state index contributed by atoms with van der Waals surface area (Å²) in [6.45, 7) is 1.82. The van der Waals surface area contributed by atoms with Gasteiger partial charge in [0, 0.05) is 48.3 Å². The minimum Gasteiger partial charge on any atom is -0.476 e. The molecule has 0 radical (unpaired) electrons. The molecule has 2 aromatic heterocycles. The Labute approximate surface area is 224 Å². The first-order chi connectivity index (χ1) is 17.9. The Morgan fingerprint density at radius 1 is 1.11 bits per heavy atom. The Balaban J connectivity index is 1.20. The fourth-order valence-corrected chi connectivity index (χ4v) is 5.77. The molecule has 2 aliphatic rings. The zero-order valence-corrected chi connectivity index (χ0v) is 21.8. The van der Waals surface area contributed by atoms with Gasteiger partial charge in [0.2, 0.25) is 0 Å². The minimum atomic E-state index is -1.01. The van der Waals surface area contributed by atoms with E-state index in [4.69, 9.17) is 27.7 Å². The standard InChI is InChI=1S/C28H26Cl2N4O3/c1-33-23-15-18(8-10-19(23)26(31-33)28(35)36)34-13-11-16(12-14-34)5-9-20-25(32-37-27(20)17-6-7-17)24-21(29)3-2-4-22(24)30/h2-5,8-10,15-17H,6-7,11-14H2,1H3,(H,35,36). The van der Waals surface area contributed by atoms with Crippen molar-refractivity contribution in [3.63, 3.8) is 0 Å². The zero-order chi connectivity index (χ0) is 25.7. The highest BCUT2D eigenvalue weighted by Gasteiger charge is 2.33. The summed E-state index contributed by atoms with van der Waals surface area (Å²) >= 11 is 13.0. The molecular formula is C28H26Cl2N4O3. The number of carboxylic acids is 1. The minimum absolute atomic E-state index is 0.0876. The monoisotopic (exact) mass is 536 g/mol. The molecule has 0 bridgehead atoms. The average molecular weight is 537 g/mol. The topological polar surface area (TPSA) is 84.4 Å². The molecule has 0 spiro atoms. The lowest BCUT2D eigenvalue weighted by Gasteiger charge is -2.32. The fourth-order valence-electron chi connectivity index (χ4n) is 5.20. The quantitative estimate of drug-likeness (QED) is 0.284. The second-order valence-corrected chi connectivity index (χ2v) is 10.7. The number of allylic oxidation sites excluding steroid dienone is 1. The van der Waals surface area contributed by atoms with Crippen LogP contribution in [0.2, 0.25) is 10.0 Å². The van der Waals surface area contributed by atoms with E-state index < -0.39 is 5.97 Å². The molecule has 9 heteroatoms. The maximum atomic E-state index is 11.5. The highest BCUT2D eigenvalue weighted by molar-refractivity contribution is 6.39. The van der Waals surface area contributed by atoms with Gasteiger partial charge in [-0.3, -0.25) is 4.68 Å². The van der Waals surface area contributed by atoms with Crippen molar-refractivity contribution in [1.82, 2.24) is 14.9 Å². The smallest absolute Gasteiger partial charge is 0.357 e. The first-order valence-corrected chi connectivity index (χ1v) is 13.2. The summed E-state index contributed by atoms with van der Waals surface area (Å²) in [6, 6.07) is 11.4. The third-order valence-electron chi connectivity index (χ3n) is 7.38. The Kier molecular flexibility index (Phi) is 6.21. The van der Waals surface area contributed by atoms with Crippen molar-refractivity contribution in [2.45, 2.75) is 31.6 Å². The molecule has 190 valence electrons. The van der Waals surface area contributed by atoms with Gasteiger partial charge in [-0.25, -0.2) is 4.79 Å². The van der Waals surface area contributed by atoms with E-state index in [-0.39, 0.29) is 5.69 Å². The van der Waals surface area contributed by atoms with E-state index in [9.17, 15) is 9.90 Å². The number of piperidine rings is 1. The average Bonchev–Trinajstić information content (AvgIpc) is 3.57. The molecule has 1 aliphatic carbocycles. The number of aryl methyl sites for hydroxylation is 1. The van der Waals surface area contributed by atoms with Crippen molar-refractivity contribution >= 4 is 51.8 Å². The van der Waals surface area contributed by atoms with Crippen molar-refractivity contribution in [1.29, 1.82) is 0 Å². The lowest BCUT2D eigenvalue weighted by atomic mass is 9.94. The third kappa shape index (κ3) is 4.51. The van der Waals surface area contributed by atoms with Gasteiger partial charge in [-0.2, -0.15) is 5.10 Å². The lowest BCUT2D eigenvalue weighted by molar-refractivity contribution is 0.0691. The number of benzene rings is 2. The summed E-state index contributed by atoms with van der Waals surface area (Å²) in [7, 11) is 1.78. The third-order valence-corrected chi connectivity index (χ3v) is 8.01. The molecule has 2 fully saturated rings. The summed E-state index contributed by atoms with van der Waals surface area (Å²) in [5.41, 5.74) is 4.40. The van der Waals surface area contributed by atoms with Crippen LogP contribution in [0.15, 0.2) is 47.0 Å². The highest BCUT2D eigenvalue weighted by atomic mass is 35.5. The number of hydrogen-bond donors (Lipinski definition) is 1. The number of halogens is 2. The van der Waals surface area contributed by atoms with Crippen LogP contribution in [0.1, 0.15) is 53.4 Å². The van der Waals surface area contributed by atoms with Gasteiger partial charge in [-0.1, -0.05) is 46.6 Å². The molecular weight excluding hydrogens is 511 g/mol. The molecule has 3 heterocycles. The van der Waals surface area contributed by atoms with E-state index >= 15 is 0 Å². The Morgan fingerprint density at radius 2 is 1.84 bits per heavy atom. The summed E-state index contributed by atoms with van der Waals surface area (Å²) in [5, 5.41) is 19.7. The molecule has 0 atom stereocenters. The van der Waals surface area contributed by atoms with Gasteiger partial charge in [-0.05, 0) is 61.9 Å². The number of carbonyl (C=O) groups is 1. The van der Waals surface area contributed by atoms with Crippen molar-refractivity contribution in [3.05, 3.63) is 69.5 Å². The van der Waals surface area contributed by atoms with Gasteiger partial charge >= 0.3 is 5.97 Å². The summed E-state index contributed by atoms with van der Waals surface area (Å²) < 4.78 is 7.43. The van der Waals surface area contributed by atoms with Crippen molar-refractivity contribution < 1.29 is 14.4 Å². The second kappa shape index (κ2) is 9.54. The fraction of sp³-hybridized carbons (Fsp3) is 0.321. The molecule has 6 rings (SSSR count). The van der Waals surface area contributed by atoms with Crippen LogP contribution in [0.3, 0.4) is 0 Å². The van der Waals surface area contributed by atoms with Crippen LogP contribution in [0.25, 0.3) is 28.2 Å². The number of carboxylic acid groups (broad SMARTS) is 1. The van der Waals surface area contributed by atoms with Crippen molar-refractivity contribution in [2.24, 2.45) is 13.0 Å². The normalized spacial score (nSPS) is 16.8. The molecule has 7 nitrogen and oxygen atoms in total. The van der Waals surface area contributed by atoms with Crippen LogP contribution in [0.5, 0.6) is 0 Å². The van der Waals surface area contributed by atoms with Gasteiger partial charge in [-0.15, -0.1) is 0 Å². The van der Waals surface area contributed by atoms with Gasteiger partial charge in [0.1, 0.15) is 11.5 Å². The number of aromatic nitrogens is 3. The van der Waals surface area contributed by atoms with Gasteiger partial charge < -0.3 is 14.5 Å². The van der Waals surface area contributed by atoms with E-state index in [1.165, 1.54) is 0 Å². The predicted molar refractivity (Wildman–Crippen MR) is 146 cm³/mol. The molecule has 2 aromatic carbocycles. The van der Waals surface area contributed by atoms with Crippen LogP contribution >= 0.6 is 23.2 Å². The molecule has 1 saturated heterocycles. The maximum Gasteiger partial charge on any atom is 0.357 e. The van der Waals surface area contributed by atoms with E-state index in [2.05, 4.69) is 27.3 Å². The first-order valence-electron chi connectivity index (χ1n) is 12.5. The van der Waals surface area contributed by atoms with Crippen LogP contribution in [-0.2, 0) is 7.05 Å². The number of rotatable bonds is 6. The van der Waals surface area contributed by atoms with Crippen molar-refractivity contribution in [2.75, 3.05) is 18.0 Å². The zero-order valence-electron chi connectivity index (χ0n) is 20.3. The number of anilines is 1. The molecule has 37 heavy (non-hydrogen) atoms. The van der Waals surface area contributed by atoms with Crippen LogP contribution in [0.4, 0.5) is 5.69 Å². The van der Waals surface area contributed by atoms with Crippen LogP contribution in [-0.4, -0.2) is 39.1 Å². The highest BCUT2D eigenvalue weighted by Crippen LogP contribution is 2.46. The molecule has 0 amide bonds. The Morgan fingerprint density at radius 3 is 2.51 bits per heavy atom. The van der Waals surface area contributed by atoms with E-state index in [1.807, 2.05) is 36.4 Å². The second-order valence-electron chi connectivity index (χ2n) is 9.84. The number of fused-ring (bicyclic) bond motifs is 1. The maximum absolute atomic E-state index is 11.5. The first kappa shape index (κ1) is 24.1. The molecule has 4 aromatic rings. The summed E-state index contributed by atoms with van der Waals surface area (Å²) in [5.74, 6) is 0.743. The van der Waals surface area contributed by atoms with Gasteiger partial charge in [0.15, 0.2) is 5.69 Å². The van der Waals surface area contributed by atoms with Crippen LogP contribution in [0, 0.1) is 5.92 Å². The molecule has 0 unspecified atom stereocenters. The Hall–Kier alpha value is -3.29. The van der Waals surface area contributed by atoms with Gasteiger partial charge in [0.25, 0.3) is 0 Å². The Bertz CT molecular complexity index is 1510. The molecule has 1 N–H and O–H groups in total. The molecule has 1 aliphatic heterocycles. The van der Waals surface area contributed by atoms with E-state index in [0.717, 1.165) is 61.3 Å². The van der Waals surface area contributed by atoms with Crippen LogP contribution < -0.4 is 4.90 Å². The number of nitrogens with zero attached hydrogens (tertiary/aromatic N) is 4. The van der Waals surface area contributed by atoms with Gasteiger partial charge in [0.05, 0.1) is 15.6 Å². The SMILES string of the molecule is Cn1nc(C(=O)O)c2ccc(N3CCC(C=Cc4c(-c5c(Cl)cccc5Cl)noc4C4CC4)CC3)cc21. The van der Waals surface area contributed by atoms with E-state index in [1.54, 1.807) is 11.7 Å².